The van der Waals surface area contributed by atoms with Crippen molar-refractivity contribution in [1.29, 1.82) is 0 Å². The SMILES string of the molecule is Cl.O=C(NC1CCC(C(F)(F)F)CC1)C1CNC1. The molecular weight excluding hydrogens is 269 g/mol. The van der Waals surface area contributed by atoms with Gasteiger partial charge in [0.2, 0.25) is 5.91 Å². The van der Waals surface area contributed by atoms with E-state index in [0.29, 0.717) is 25.9 Å². The number of carbonyl (C=O) groups is 1. The minimum Gasteiger partial charge on any atom is -0.353 e. The van der Waals surface area contributed by atoms with E-state index in [2.05, 4.69) is 10.6 Å². The maximum Gasteiger partial charge on any atom is 0.391 e. The molecule has 1 aliphatic heterocycles. The molecule has 1 saturated heterocycles. The van der Waals surface area contributed by atoms with Crippen molar-refractivity contribution in [3.63, 3.8) is 0 Å². The van der Waals surface area contributed by atoms with Gasteiger partial charge in [-0.2, -0.15) is 13.2 Å². The van der Waals surface area contributed by atoms with Crippen LogP contribution < -0.4 is 10.6 Å². The van der Waals surface area contributed by atoms with Gasteiger partial charge in [-0.25, -0.2) is 0 Å². The van der Waals surface area contributed by atoms with Gasteiger partial charge in [0.25, 0.3) is 0 Å². The Hall–Kier alpha value is -0.490. The zero-order valence-corrected chi connectivity index (χ0v) is 10.7. The second kappa shape index (κ2) is 6.10. The number of halogens is 4. The van der Waals surface area contributed by atoms with Crippen molar-refractivity contribution in [2.45, 2.75) is 37.9 Å². The van der Waals surface area contributed by atoms with Gasteiger partial charge in [0.15, 0.2) is 0 Å². The molecule has 1 aliphatic carbocycles. The summed E-state index contributed by atoms with van der Waals surface area (Å²) in [7, 11) is 0. The molecule has 2 N–H and O–H groups in total. The normalized spacial score (nSPS) is 29.1. The number of nitrogens with one attached hydrogen (secondary N) is 2. The van der Waals surface area contributed by atoms with E-state index in [-0.39, 0.29) is 43.1 Å². The first-order valence-corrected chi connectivity index (χ1v) is 6.04. The lowest BCUT2D eigenvalue weighted by molar-refractivity contribution is -0.182. The molecule has 0 atom stereocenters. The van der Waals surface area contributed by atoms with Crippen LogP contribution in [0.4, 0.5) is 13.2 Å². The summed E-state index contributed by atoms with van der Waals surface area (Å²) in [5.41, 5.74) is 0. The fourth-order valence-corrected chi connectivity index (χ4v) is 2.36. The minimum absolute atomic E-state index is 0. The highest BCUT2D eigenvalue weighted by atomic mass is 35.5. The average molecular weight is 287 g/mol. The first-order valence-electron chi connectivity index (χ1n) is 6.04. The maximum absolute atomic E-state index is 12.4. The predicted molar refractivity (Wildman–Crippen MR) is 63.6 cm³/mol. The Kier molecular flexibility index (Phi) is 5.28. The van der Waals surface area contributed by atoms with Crippen LogP contribution in [0.2, 0.25) is 0 Å². The van der Waals surface area contributed by atoms with Crippen LogP contribution in [0, 0.1) is 11.8 Å². The van der Waals surface area contributed by atoms with E-state index in [1.54, 1.807) is 0 Å². The van der Waals surface area contributed by atoms with Gasteiger partial charge in [-0.1, -0.05) is 0 Å². The minimum atomic E-state index is -4.08. The van der Waals surface area contributed by atoms with Gasteiger partial charge < -0.3 is 10.6 Å². The van der Waals surface area contributed by atoms with Crippen LogP contribution in [0.5, 0.6) is 0 Å². The first-order chi connectivity index (χ1) is 7.97. The summed E-state index contributed by atoms with van der Waals surface area (Å²) in [4.78, 5) is 11.6. The van der Waals surface area contributed by atoms with Crippen LogP contribution in [0.25, 0.3) is 0 Å². The summed E-state index contributed by atoms with van der Waals surface area (Å²) in [5.74, 6) is -1.18. The highest BCUT2D eigenvalue weighted by Crippen LogP contribution is 2.37. The van der Waals surface area contributed by atoms with Crippen LogP contribution in [0.1, 0.15) is 25.7 Å². The molecule has 1 heterocycles. The summed E-state index contributed by atoms with van der Waals surface area (Å²) < 4.78 is 37.3. The molecule has 0 bridgehead atoms. The second-order valence-electron chi connectivity index (χ2n) is 4.95. The first kappa shape index (κ1) is 15.6. The summed E-state index contributed by atoms with van der Waals surface area (Å²) >= 11 is 0. The average Bonchev–Trinajstić information content (AvgIpc) is 2.13. The number of alkyl halides is 3. The van der Waals surface area contributed by atoms with Crippen molar-refractivity contribution >= 4 is 18.3 Å². The van der Waals surface area contributed by atoms with Crippen LogP contribution in [-0.2, 0) is 4.79 Å². The highest BCUT2D eigenvalue weighted by Gasteiger charge is 2.41. The third-order valence-corrected chi connectivity index (χ3v) is 3.69. The predicted octanol–water partition coefficient (Wildman–Crippen LogP) is 1.86. The molecule has 0 radical (unpaired) electrons. The fraction of sp³-hybridized carbons (Fsp3) is 0.909. The molecule has 18 heavy (non-hydrogen) atoms. The number of hydrogen-bond donors (Lipinski definition) is 2. The van der Waals surface area contributed by atoms with E-state index in [4.69, 9.17) is 0 Å². The van der Waals surface area contributed by atoms with E-state index < -0.39 is 12.1 Å². The topological polar surface area (TPSA) is 41.1 Å². The lowest BCUT2D eigenvalue weighted by atomic mass is 9.85. The number of carbonyl (C=O) groups excluding carboxylic acids is 1. The van der Waals surface area contributed by atoms with Crippen molar-refractivity contribution in [1.82, 2.24) is 10.6 Å². The van der Waals surface area contributed by atoms with E-state index in [0.717, 1.165) is 0 Å². The van der Waals surface area contributed by atoms with E-state index in [1.807, 2.05) is 0 Å². The third kappa shape index (κ3) is 3.75. The summed E-state index contributed by atoms with van der Waals surface area (Å²) in [6.45, 7) is 1.37. The Morgan fingerprint density at radius 1 is 1.11 bits per heavy atom. The summed E-state index contributed by atoms with van der Waals surface area (Å²) in [6, 6.07) is -0.0679. The Bertz CT molecular complexity index is 287. The van der Waals surface area contributed by atoms with Crippen LogP contribution in [-0.4, -0.2) is 31.2 Å². The molecule has 1 saturated carbocycles. The van der Waals surface area contributed by atoms with Crippen molar-refractivity contribution in [2.75, 3.05) is 13.1 Å². The lowest BCUT2D eigenvalue weighted by Crippen LogP contribution is -2.53. The molecule has 2 aliphatic rings. The van der Waals surface area contributed by atoms with Crippen molar-refractivity contribution < 1.29 is 18.0 Å². The van der Waals surface area contributed by atoms with E-state index >= 15 is 0 Å². The molecule has 0 aromatic rings. The van der Waals surface area contributed by atoms with Crippen LogP contribution in [0.15, 0.2) is 0 Å². The Balaban J connectivity index is 0.00000162. The summed E-state index contributed by atoms with van der Waals surface area (Å²) in [6.07, 6.45) is -2.92. The van der Waals surface area contributed by atoms with Gasteiger partial charge in [0.1, 0.15) is 0 Å². The standard InChI is InChI=1S/C11H17F3N2O.ClH/c12-11(13,14)8-1-3-9(4-2-8)16-10(17)7-5-15-6-7;/h7-9,15H,1-6H2,(H,16,17);1H. The number of rotatable bonds is 2. The third-order valence-electron chi connectivity index (χ3n) is 3.69. The van der Waals surface area contributed by atoms with Gasteiger partial charge in [-0.3, -0.25) is 4.79 Å². The Labute approximate surface area is 110 Å². The lowest BCUT2D eigenvalue weighted by Gasteiger charge is -2.33. The molecule has 106 valence electrons. The molecular formula is C11H18ClF3N2O. The van der Waals surface area contributed by atoms with Crippen LogP contribution in [0.3, 0.4) is 0 Å². The molecule has 2 rings (SSSR count). The van der Waals surface area contributed by atoms with Crippen molar-refractivity contribution in [2.24, 2.45) is 11.8 Å². The van der Waals surface area contributed by atoms with Crippen molar-refractivity contribution in [3.05, 3.63) is 0 Å². The van der Waals surface area contributed by atoms with Crippen LogP contribution >= 0.6 is 12.4 Å². The van der Waals surface area contributed by atoms with E-state index in [1.165, 1.54) is 0 Å². The Morgan fingerprint density at radius 2 is 1.67 bits per heavy atom. The summed E-state index contributed by atoms with van der Waals surface area (Å²) in [5, 5.41) is 5.84. The maximum atomic E-state index is 12.4. The number of hydrogen-bond acceptors (Lipinski definition) is 2. The van der Waals surface area contributed by atoms with Gasteiger partial charge in [-0.05, 0) is 25.7 Å². The molecule has 0 aromatic heterocycles. The second-order valence-corrected chi connectivity index (χ2v) is 4.95. The molecule has 0 spiro atoms. The molecule has 7 heteroatoms. The Morgan fingerprint density at radius 3 is 2.06 bits per heavy atom. The molecule has 1 amide bonds. The van der Waals surface area contributed by atoms with Gasteiger partial charge >= 0.3 is 6.18 Å². The quantitative estimate of drug-likeness (QED) is 0.814. The smallest absolute Gasteiger partial charge is 0.353 e. The van der Waals surface area contributed by atoms with Crippen molar-refractivity contribution in [3.8, 4) is 0 Å². The highest BCUT2D eigenvalue weighted by molar-refractivity contribution is 5.85. The van der Waals surface area contributed by atoms with Gasteiger partial charge in [0, 0.05) is 19.1 Å². The zero-order valence-electron chi connectivity index (χ0n) is 9.93. The zero-order chi connectivity index (χ0) is 12.5. The van der Waals surface area contributed by atoms with Gasteiger partial charge in [-0.15, -0.1) is 12.4 Å². The monoisotopic (exact) mass is 286 g/mol. The molecule has 0 unspecified atom stereocenters. The molecule has 3 nitrogen and oxygen atoms in total. The van der Waals surface area contributed by atoms with Gasteiger partial charge in [0.05, 0.1) is 11.8 Å². The number of amides is 1. The largest absolute Gasteiger partial charge is 0.391 e. The molecule has 2 fully saturated rings. The molecule has 0 aromatic carbocycles. The van der Waals surface area contributed by atoms with E-state index in [9.17, 15) is 18.0 Å². The fourth-order valence-electron chi connectivity index (χ4n) is 2.36.